The van der Waals surface area contributed by atoms with Crippen LogP contribution in [0.1, 0.15) is 181 Å². The van der Waals surface area contributed by atoms with Crippen LogP contribution < -0.4 is 10.6 Å². The highest BCUT2D eigenvalue weighted by Gasteiger charge is 2.60. The SMILES string of the molecule is CCCCCC/C=C\CCCCCCCCCC(=O)NC(COC1OC(CO)C(OC2OC(CO)C(O)C(OC3(C(=O)O)CC(O)C(NC(C)=O)C(C(O)C(O)CO)O3)C2O)C(O)C1O)C(O)CCCCCCCCCCC. The number of aliphatic carboxylic acids is 1. The predicted octanol–water partition coefficient (Wildman–Crippen LogP) is 1.61. The van der Waals surface area contributed by atoms with Gasteiger partial charge in [-0.1, -0.05) is 135 Å². The Morgan fingerprint density at radius 3 is 1.74 bits per heavy atom. The Kier molecular flexibility index (Phi) is 34.2. The lowest BCUT2D eigenvalue weighted by Crippen LogP contribution is -2.70. The molecule has 18 atom stereocenters. The van der Waals surface area contributed by atoms with E-state index in [1.165, 1.54) is 51.4 Å². The van der Waals surface area contributed by atoms with Crippen molar-refractivity contribution in [3.8, 4) is 0 Å². The standard InChI is InChI=1S/C55H100N2O21/c1-4-6-8-10-12-14-15-16-17-18-19-21-23-25-27-29-42(65)57-36(37(62)28-26-24-22-20-13-11-9-7-5-2)34-73-52-47(69)46(68)49(41(33-60)75-52)76-53-48(70)51(45(67)40(32-59)74-53)78-55(54(71)72)30-38(63)43(56-35(3)61)50(77-55)44(66)39(64)31-58/h14-15,36-41,43-53,58-60,62-64,66-70H,4-13,16-34H2,1-3H3,(H,56,61)(H,57,65)(H,71,72)/b15-14-. The molecule has 0 spiro atoms. The number of hydrogen-bond acceptors (Lipinski definition) is 20. The van der Waals surface area contributed by atoms with Gasteiger partial charge in [0.1, 0.15) is 67.1 Å². The Labute approximate surface area is 461 Å². The molecule has 3 saturated heterocycles. The topological polar surface area (TPSA) is 373 Å². The van der Waals surface area contributed by atoms with Crippen LogP contribution in [0.5, 0.6) is 0 Å². The second-order valence-electron chi connectivity index (χ2n) is 21.5. The van der Waals surface area contributed by atoms with Crippen LogP contribution in [0.15, 0.2) is 12.2 Å². The Morgan fingerprint density at radius 2 is 1.19 bits per heavy atom. The largest absolute Gasteiger partial charge is 0.477 e. The van der Waals surface area contributed by atoms with E-state index < -0.39 is 148 Å². The first-order valence-electron chi connectivity index (χ1n) is 29.0. The van der Waals surface area contributed by atoms with Crippen LogP contribution in [0.2, 0.25) is 0 Å². The van der Waals surface area contributed by atoms with E-state index in [4.69, 9.17) is 28.4 Å². The lowest BCUT2D eigenvalue weighted by Gasteiger charge is -2.50. The minimum absolute atomic E-state index is 0.218. The van der Waals surface area contributed by atoms with E-state index >= 15 is 0 Å². The molecular weight excluding hydrogens is 1020 g/mol. The van der Waals surface area contributed by atoms with Gasteiger partial charge in [-0.05, 0) is 38.5 Å². The minimum atomic E-state index is -3.08. The molecule has 0 aliphatic carbocycles. The second-order valence-corrected chi connectivity index (χ2v) is 21.5. The number of carbonyl (C=O) groups excluding carboxylic acids is 2. The third kappa shape index (κ3) is 23.0. The molecule has 0 aromatic heterocycles. The molecule has 0 bridgehead atoms. The molecule has 3 heterocycles. The van der Waals surface area contributed by atoms with Gasteiger partial charge in [0.05, 0.1) is 50.7 Å². The Morgan fingerprint density at radius 1 is 0.654 bits per heavy atom. The fraction of sp³-hybridized carbons (Fsp3) is 0.909. The highest BCUT2D eigenvalue weighted by Crippen LogP contribution is 2.38. The van der Waals surface area contributed by atoms with Gasteiger partial charge in [0.25, 0.3) is 5.79 Å². The van der Waals surface area contributed by atoms with Crippen LogP contribution >= 0.6 is 0 Å². The molecule has 0 saturated carbocycles. The summed E-state index contributed by atoms with van der Waals surface area (Å²) in [5.74, 6) is -6.11. The number of carboxylic acids is 1. The zero-order valence-electron chi connectivity index (χ0n) is 46.5. The normalized spacial score (nSPS) is 31.2. The van der Waals surface area contributed by atoms with Gasteiger partial charge in [0.15, 0.2) is 12.6 Å². The summed E-state index contributed by atoms with van der Waals surface area (Å²) in [7, 11) is 0. The summed E-state index contributed by atoms with van der Waals surface area (Å²) in [6.07, 6.45) is -0.162. The maximum atomic E-state index is 13.3. The molecule has 3 rings (SSSR count). The maximum absolute atomic E-state index is 13.3. The first-order chi connectivity index (χ1) is 37.4. The summed E-state index contributed by atoms with van der Waals surface area (Å²) in [6, 6.07) is -2.52. The van der Waals surface area contributed by atoms with Crippen LogP contribution in [0.4, 0.5) is 0 Å². The molecular formula is C55H100N2O21. The zero-order valence-corrected chi connectivity index (χ0v) is 46.5. The van der Waals surface area contributed by atoms with Crippen molar-refractivity contribution in [3.05, 3.63) is 12.2 Å². The second kappa shape index (κ2) is 38.3. The zero-order chi connectivity index (χ0) is 57.6. The summed E-state index contributed by atoms with van der Waals surface area (Å²) in [4.78, 5) is 38.3. The van der Waals surface area contributed by atoms with Crippen molar-refractivity contribution in [2.75, 3.05) is 26.4 Å². The van der Waals surface area contributed by atoms with Gasteiger partial charge in [-0.2, -0.15) is 0 Å². The fourth-order valence-corrected chi connectivity index (χ4v) is 10.2. The third-order valence-corrected chi connectivity index (χ3v) is 15.0. The molecule has 14 N–H and O–H groups in total. The average molecular weight is 1130 g/mol. The molecule has 0 aromatic carbocycles. The van der Waals surface area contributed by atoms with Crippen LogP contribution in [0, 0.1) is 0 Å². The highest BCUT2D eigenvalue weighted by atomic mass is 16.8. The summed E-state index contributed by atoms with van der Waals surface area (Å²) < 4.78 is 34.6. The Bertz CT molecular complexity index is 1670. The van der Waals surface area contributed by atoms with E-state index in [-0.39, 0.29) is 18.9 Å². The molecule has 0 radical (unpaired) electrons. The highest BCUT2D eigenvalue weighted by molar-refractivity contribution is 5.77. The predicted molar refractivity (Wildman–Crippen MR) is 283 cm³/mol. The summed E-state index contributed by atoms with van der Waals surface area (Å²) in [5.41, 5.74) is 0. The number of hydrogen-bond donors (Lipinski definition) is 14. The lowest BCUT2D eigenvalue weighted by atomic mass is 9.88. The van der Waals surface area contributed by atoms with E-state index in [1.807, 2.05) is 0 Å². The monoisotopic (exact) mass is 1120 g/mol. The first-order valence-corrected chi connectivity index (χ1v) is 29.0. The van der Waals surface area contributed by atoms with Gasteiger partial charge in [0.2, 0.25) is 11.8 Å². The van der Waals surface area contributed by atoms with Gasteiger partial charge in [0, 0.05) is 19.8 Å². The Hall–Kier alpha value is -2.53. The summed E-state index contributed by atoms with van der Waals surface area (Å²) in [6.45, 7) is 2.10. The molecule has 18 unspecified atom stereocenters. The molecule has 78 heavy (non-hydrogen) atoms. The molecule has 23 heteroatoms. The van der Waals surface area contributed by atoms with Crippen molar-refractivity contribution in [3.63, 3.8) is 0 Å². The molecule has 3 fully saturated rings. The van der Waals surface area contributed by atoms with Crippen molar-refractivity contribution in [1.29, 1.82) is 0 Å². The van der Waals surface area contributed by atoms with E-state index in [9.17, 15) is 75.7 Å². The van der Waals surface area contributed by atoms with Gasteiger partial charge in [-0.3, -0.25) is 9.59 Å². The van der Waals surface area contributed by atoms with Gasteiger partial charge >= 0.3 is 5.97 Å². The van der Waals surface area contributed by atoms with Crippen LogP contribution in [0.25, 0.3) is 0 Å². The van der Waals surface area contributed by atoms with Gasteiger partial charge < -0.3 is 100 Å². The number of nitrogens with one attached hydrogen (secondary N) is 2. The molecule has 456 valence electrons. The number of carboxylic acid groups (broad SMARTS) is 1. The first kappa shape index (κ1) is 69.7. The van der Waals surface area contributed by atoms with E-state index in [0.29, 0.717) is 19.3 Å². The number of unbranched alkanes of at least 4 members (excludes halogenated alkanes) is 19. The number of rotatable bonds is 41. The van der Waals surface area contributed by atoms with Crippen molar-refractivity contribution < 1.29 is 104 Å². The summed E-state index contributed by atoms with van der Waals surface area (Å²) >= 11 is 0. The van der Waals surface area contributed by atoms with Crippen LogP contribution in [0.3, 0.4) is 0 Å². The van der Waals surface area contributed by atoms with E-state index in [0.717, 1.165) is 84.0 Å². The fourth-order valence-electron chi connectivity index (χ4n) is 10.2. The maximum Gasteiger partial charge on any atom is 0.364 e. The average Bonchev–Trinajstić information content (AvgIpc) is 3.53. The number of ether oxygens (including phenoxy) is 6. The third-order valence-electron chi connectivity index (χ3n) is 15.0. The van der Waals surface area contributed by atoms with E-state index in [2.05, 4.69) is 36.6 Å². The summed E-state index contributed by atoms with van der Waals surface area (Å²) in [5, 5.41) is 135. The van der Waals surface area contributed by atoms with E-state index in [1.54, 1.807) is 0 Å². The van der Waals surface area contributed by atoms with Gasteiger partial charge in [-0.15, -0.1) is 0 Å². The molecule has 3 aliphatic heterocycles. The number of amides is 2. The quantitative estimate of drug-likeness (QED) is 0.0305. The van der Waals surface area contributed by atoms with Crippen molar-refractivity contribution in [2.45, 2.75) is 291 Å². The smallest absolute Gasteiger partial charge is 0.364 e. The minimum Gasteiger partial charge on any atom is -0.477 e. The number of carbonyl (C=O) groups is 3. The Balaban J connectivity index is 1.67. The van der Waals surface area contributed by atoms with Crippen LogP contribution in [-0.4, -0.2) is 215 Å². The molecule has 2 amide bonds. The number of aliphatic hydroxyl groups is 11. The van der Waals surface area contributed by atoms with Crippen LogP contribution in [-0.2, 0) is 42.8 Å². The molecule has 3 aliphatic rings. The van der Waals surface area contributed by atoms with Gasteiger partial charge in [-0.25, -0.2) is 4.79 Å². The van der Waals surface area contributed by atoms with Crippen molar-refractivity contribution in [2.24, 2.45) is 0 Å². The van der Waals surface area contributed by atoms with Crippen molar-refractivity contribution in [1.82, 2.24) is 10.6 Å². The number of allylic oxidation sites excluding steroid dienone is 2. The lowest BCUT2D eigenvalue weighted by molar-refractivity contribution is -0.386. The molecule has 23 nitrogen and oxygen atoms in total. The van der Waals surface area contributed by atoms with Crippen molar-refractivity contribution >= 4 is 17.8 Å². The number of aliphatic hydroxyl groups excluding tert-OH is 11. The molecule has 0 aromatic rings.